The van der Waals surface area contributed by atoms with E-state index in [-0.39, 0.29) is 17.7 Å². The molecule has 144 valence electrons. The molecule has 0 aliphatic heterocycles. The fourth-order valence-corrected chi connectivity index (χ4v) is 4.05. The summed E-state index contributed by atoms with van der Waals surface area (Å²) in [6.45, 7) is 4.07. The lowest BCUT2D eigenvalue weighted by atomic mass is 9.96. The molecular weight excluding hydrogens is 362 g/mol. The average Bonchev–Trinajstić information content (AvgIpc) is 3.09. The molecule has 3 amide bonds. The molecule has 2 N–H and O–H groups in total. The van der Waals surface area contributed by atoms with Gasteiger partial charge >= 0.3 is 6.03 Å². The molecule has 0 unspecified atom stereocenters. The van der Waals surface area contributed by atoms with Gasteiger partial charge in [0.1, 0.15) is 6.33 Å². The van der Waals surface area contributed by atoms with Crippen LogP contribution in [0.15, 0.2) is 29.7 Å². The lowest BCUT2D eigenvalue weighted by Gasteiger charge is -2.22. The van der Waals surface area contributed by atoms with Crippen LogP contribution in [0.25, 0.3) is 5.69 Å². The number of hydrogen-bond acceptors (Lipinski definition) is 5. The zero-order valence-electron chi connectivity index (χ0n) is 15.7. The van der Waals surface area contributed by atoms with Crippen LogP contribution in [-0.2, 0) is 4.79 Å². The number of aromatic nitrogens is 3. The van der Waals surface area contributed by atoms with E-state index in [0.29, 0.717) is 5.16 Å². The second kappa shape index (κ2) is 9.03. The smallest absolute Gasteiger partial charge is 0.321 e. The van der Waals surface area contributed by atoms with Crippen molar-refractivity contribution in [3.63, 3.8) is 0 Å². The molecule has 1 aromatic carbocycles. The van der Waals surface area contributed by atoms with Crippen LogP contribution in [-0.4, -0.2) is 38.5 Å². The Kier molecular flexibility index (Phi) is 6.49. The van der Waals surface area contributed by atoms with Crippen LogP contribution >= 0.6 is 11.8 Å². The Morgan fingerprint density at radius 2 is 2.00 bits per heavy atom. The highest BCUT2D eigenvalue weighted by molar-refractivity contribution is 7.99. The number of amides is 3. The van der Waals surface area contributed by atoms with Crippen LogP contribution in [0.1, 0.15) is 43.2 Å². The first-order valence-electron chi connectivity index (χ1n) is 9.24. The van der Waals surface area contributed by atoms with Crippen molar-refractivity contribution in [2.75, 3.05) is 5.75 Å². The fourth-order valence-electron chi connectivity index (χ4n) is 3.32. The van der Waals surface area contributed by atoms with Crippen molar-refractivity contribution in [3.8, 4) is 5.69 Å². The van der Waals surface area contributed by atoms with Crippen LogP contribution in [0, 0.1) is 13.8 Å². The second-order valence-electron chi connectivity index (χ2n) is 6.92. The van der Waals surface area contributed by atoms with Gasteiger partial charge in [-0.25, -0.2) is 4.79 Å². The van der Waals surface area contributed by atoms with E-state index in [2.05, 4.69) is 26.9 Å². The summed E-state index contributed by atoms with van der Waals surface area (Å²) < 4.78 is 1.86. The molecule has 0 saturated heterocycles. The predicted molar refractivity (Wildman–Crippen MR) is 105 cm³/mol. The predicted octanol–water partition coefficient (Wildman–Crippen LogP) is 3.13. The Morgan fingerprint density at radius 3 is 2.74 bits per heavy atom. The second-order valence-corrected chi connectivity index (χ2v) is 7.86. The molecule has 0 atom stereocenters. The lowest BCUT2D eigenvalue weighted by Crippen LogP contribution is -2.45. The van der Waals surface area contributed by atoms with Crippen molar-refractivity contribution in [2.45, 2.75) is 57.1 Å². The number of carbonyl (C=O) groups excluding carboxylic acids is 2. The molecule has 1 saturated carbocycles. The molecule has 0 spiro atoms. The summed E-state index contributed by atoms with van der Waals surface area (Å²) in [6, 6.07) is 5.89. The van der Waals surface area contributed by atoms with Crippen molar-refractivity contribution in [3.05, 3.63) is 35.7 Å². The number of hydrogen-bond donors (Lipinski definition) is 2. The fraction of sp³-hybridized carbons (Fsp3) is 0.474. The maximum atomic E-state index is 12.1. The van der Waals surface area contributed by atoms with E-state index in [0.717, 1.165) is 36.9 Å². The molecule has 1 aromatic heterocycles. The van der Waals surface area contributed by atoms with Crippen molar-refractivity contribution in [2.24, 2.45) is 0 Å². The minimum atomic E-state index is -0.414. The number of carbonyl (C=O) groups is 2. The van der Waals surface area contributed by atoms with Gasteiger partial charge in [-0.3, -0.25) is 14.7 Å². The van der Waals surface area contributed by atoms with E-state index in [9.17, 15) is 9.59 Å². The van der Waals surface area contributed by atoms with Gasteiger partial charge in [-0.2, -0.15) is 0 Å². The first-order chi connectivity index (χ1) is 13.0. The maximum absolute atomic E-state index is 12.1. The molecule has 0 bridgehead atoms. The third-order valence-corrected chi connectivity index (χ3v) is 5.60. The highest BCUT2D eigenvalue weighted by atomic mass is 32.2. The third kappa shape index (κ3) is 5.32. The Balaban J connectivity index is 1.53. The highest BCUT2D eigenvalue weighted by Crippen LogP contribution is 2.22. The third-order valence-electron chi connectivity index (χ3n) is 4.65. The quantitative estimate of drug-likeness (QED) is 0.770. The van der Waals surface area contributed by atoms with Gasteiger partial charge in [0.25, 0.3) is 0 Å². The molecule has 27 heavy (non-hydrogen) atoms. The SMILES string of the molecule is Cc1ccc(-n2cnnc2SCC(=O)NC(=O)NC2CCCCC2)c(C)c1. The topological polar surface area (TPSA) is 88.9 Å². The number of thioether (sulfide) groups is 1. The van der Waals surface area contributed by atoms with Crippen molar-refractivity contribution < 1.29 is 9.59 Å². The molecule has 1 heterocycles. The summed E-state index contributed by atoms with van der Waals surface area (Å²) in [5.41, 5.74) is 3.26. The van der Waals surface area contributed by atoms with E-state index >= 15 is 0 Å². The molecule has 3 rings (SSSR count). The number of urea groups is 1. The summed E-state index contributed by atoms with van der Waals surface area (Å²) in [5.74, 6) is -0.245. The summed E-state index contributed by atoms with van der Waals surface area (Å²) in [7, 11) is 0. The van der Waals surface area contributed by atoms with E-state index < -0.39 is 6.03 Å². The molecule has 8 heteroatoms. The molecule has 7 nitrogen and oxygen atoms in total. The van der Waals surface area contributed by atoms with E-state index in [1.807, 2.05) is 30.5 Å². The largest absolute Gasteiger partial charge is 0.335 e. The Labute approximate surface area is 163 Å². The normalized spacial score (nSPS) is 14.7. The van der Waals surface area contributed by atoms with Crippen LogP contribution in [0.2, 0.25) is 0 Å². The molecular formula is C19H25N5O2S. The maximum Gasteiger partial charge on any atom is 0.321 e. The standard InChI is InChI=1S/C19H25N5O2S/c1-13-8-9-16(14(2)10-13)24-12-20-23-19(24)27-11-17(25)22-18(26)21-15-6-4-3-5-7-15/h8-10,12,15H,3-7,11H2,1-2H3,(H2,21,22,25,26). The van der Waals surface area contributed by atoms with Crippen LogP contribution in [0.5, 0.6) is 0 Å². The van der Waals surface area contributed by atoms with Crippen LogP contribution < -0.4 is 10.6 Å². The monoisotopic (exact) mass is 387 g/mol. The molecule has 1 aliphatic carbocycles. The minimum Gasteiger partial charge on any atom is -0.335 e. The van der Waals surface area contributed by atoms with Gasteiger partial charge in [0.2, 0.25) is 5.91 Å². The minimum absolute atomic E-state index is 0.0989. The van der Waals surface area contributed by atoms with E-state index in [4.69, 9.17) is 0 Å². The van der Waals surface area contributed by atoms with Crippen molar-refractivity contribution in [1.82, 2.24) is 25.4 Å². The number of nitrogens with zero attached hydrogens (tertiary/aromatic N) is 3. The first kappa shape index (κ1) is 19.4. The van der Waals surface area contributed by atoms with Gasteiger partial charge in [-0.05, 0) is 38.3 Å². The van der Waals surface area contributed by atoms with E-state index in [1.165, 1.54) is 23.7 Å². The summed E-state index contributed by atoms with van der Waals surface area (Å²) in [6.07, 6.45) is 7.07. The summed E-state index contributed by atoms with van der Waals surface area (Å²) >= 11 is 1.25. The number of imide groups is 1. The first-order valence-corrected chi connectivity index (χ1v) is 10.2. The van der Waals surface area contributed by atoms with Crippen LogP contribution in [0.3, 0.4) is 0 Å². The van der Waals surface area contributed by atoms with Crippen molar-refractivity contribution >= 4 is 23.7 Å². The number of aryl methyl sites for hydroxylation is 2. The van der Waals surface area contributed by atoms with Gasteiger partial charge < -0.3 is 5.32 Å². The Hall–Kier alpha value is -2.35. The van der Waals surface area contributed by atoms with E-state index in [1.54, 1.807) is 6.33 Å². The Morgan fingerprint density at radius 1 is 1.22 bits per heavy atom. The van der Waals surface area contributed by atoms with Gasteiger partial charge in [0.05, 0.1) is 11.4 Å². The van der Waals surface area contributed by atoms with Gasteiger partial charge in [-0.1, -0.05) is 48.7 Å². The number of rotatable bonds is 5. The highest BCUT2D eigenvalue weighted by Gasteiger charge is 2.18. The zero-order chi connectivity index (χ0) is 19.2. The number of nitrogens with one attached hydrogen (secondary N) is 2. The molecule has 1 aliphatic rings. The van der Waals surface area contributed by atoms with Gasteiger partial charge in [0, 0.05) is 6.04 Å². The lowest BCUT2D eigenvalue weighted by molar-refractivity contribution is -0.117. The average molecular weight is 388 g/mol. The zero-order valence-corrected chi connectivity index (χ0v) is 16.5. The molecule has 1 fully saturated rings. The van der Waals surface area contributed by atoms with Gasteiger partial charge in [0.15, 0.2) is 5.16 Å². The molecule has 0 radical (unpaired) electrons. The van der Waals surface area contributed by atoms with Gasteiger partial charge in [-0.15, -0.1) is 10.2 Å². The Bertz CT molecular complexity index is 814. The van der Waals surface area contributed by atoms with Crippen LogP contribution in [0.4, 0.5) is 4.79 Å². The summed E-state index contributed by atoms with van der Waals surface area (Å²) in [4.78, 5) is 24.1. The molecule has 2 aromatic rings. The summed E-state index contributed by atoms with van der Waals surface area (Å²) in [5, 5.41) is 14.0. The number of benzene rings is 1. The van der Waals surface area contributed by atoms with Crippen molar-refractivity contribution in [1.29, 1.82) is 0 Å².